The second-order valence-corrected chi connectivity index (χ2v) is 9.27. The van der Waals surface area contributed by atoms with Crippen LogP contribution >= 0.6 is 0 Å². The van der Waals surface area contributed by atoms with Gasteiger partial charge in [0.2, 0.25) is 10.0 Å². The van der Waals surface area contributed by atoms with E-state index < -0.39 is 10.0 Å². The Labute approximate surface area is 161 Å². The molecule has 2 saturated heterocycles. The third-order valence-electron chi connectivity index (χ3n) is 5.51. The minimum absolute atomic E-state index is 0.0557. The number of amides is 1. The summed E-state index contributed by atoms with van der Waals surface area (Å²) >= 11 is 0. The van der Waals surface area contributed by atoms with Crippen LogP contribution in [0.3, 0.4) is 0 Å². The fourth-order valence-electron chi connectivity index (χ4n) is 3.68. The van der Waals surface area contributed by atoms with Crippen LogP contribution in [0.2, 0.25) is 0 Å². The molecule has 150 valence electrons. The first-order valence-corrected chi connectivity index (χ1v) is 11.1. The van der Waals surface area contributed by atoms with E-state index in [1.165, 1.54) is 12.1 Å². The Morgan fingerprint density at radius 2 is 1.93 bits per heavy atom. The Morgan fingerprint density at radius 1 is 1.26 bits per heavy atom. The molecule has 2 fully saturated rings. The van der Waals surface area contributed by atoms with E-state index in [4.69, 9.17) is 10.5 Å². The molecule has 0 aliphatic carbocycles. The van der Waals surface area contributed by atoms with Crippen LogP contribution < -0.4 is 10.5 Å². The summed E-state index contributed by atoms with van der Waals surface area (Å²) in [5, 5.41) is 0. The molecule has 3 rings (SSSR count). The van der Waals surface area contributed by atoms with E-state index in [0.29, 0.717) is 31.2 Å². The number of carbonyl (C=O) groups excluding carboxylic acids is 1. The van der Waals surface area contributed by atoms with Crippen molar-refractivity contribution in [2.75, 3.05) is 26.2 Å². The van der Waals surface area contributed by atoms with E-state index in [9.17, 15) is 13.2 Å². The molecule has 7 nitrogen and oxygen atoms in total. The maximum Gasteiger partial charge on any atom is 0.253 e. The maximum atomic E-state index is 12.6. The molecule has 0 spiro atoms. The van der Waals surface area contributed by atoms with Crippen LogP contribution in [0.4, 0.5) is 0 Å². The average Bonchev–Trinajstić information content (AvgIpc) is 3.20. The lowest BCUT2D eigenvalue weighted by Gasteiger charge is -2.33. The van der Waals surface area contributed by atoms with E-state index in [-0.39, 0.29) is 29.5 Å². The molecule has 0 bridgehead atoms. The van der Waals surface area contributed by atoms with Gasteiger partial charge in [0.25, 0.3) is 5.91 Å². The molecule has 3 N–H and O–H groups in total. The van der Waals surface area contributed by atoms with Crippen molar-refractivity contribution >= 4 is 15.9 Å². The van der Waals surface area contributed by atoms with Crippen LogP contribution in [0, 0.1) is 5.92 Å². The quantitative estimate of drug-likeness (QED) is 0.757. The molecular formula is C19H29N3O4S. The Bertz CT molecular complexity index is 735. The number of nitrogens with zero attached hydrogens (tertiary/aromatic N) is 1. The minimum atomic E-state index is -3.60. The standard InChI is InChI=1S/C19H29N3O4S/c1-14(20)15-8-10-22(11-9-15)19(23)16-4-6-18(7-5-16)27(24,25)21-13-17-3-2-12-26-17/h4-7,14-15,17,21H,2-3,8-13,20H2,1H3. The summed E-state index contributed by atoms with van der Waals surface area (Å²) in [7, 11) is -3.60. The van der Waals surface area contributed by atoms with E-state index in [0.717, 1.165) is 25.7 Å². The summed E-state index contributed by atoms with van der Waals surface area (Å²) in [6.07, 6.45) is 3.59. The van der Waals surface area contributed by atoms with Gasteiger partial charge in [-0.05, 0) is 62.8 Å². The summed E-state index contributed by atoms with van der Waals surface area (Å²) in [4.78, 5) is 14.6. The first kappa shape index (κ1) is 20.3. The summed E-state index contributed by atoms with van der Waals surface area (Å²) in [6.45, 7) is 4.35. The predicted molar refractivity (Wildman–Crippen MR) is 103 cm³/mol. The predicted octanol–water partition coefficient (Wildman–Crippen LogP) is 1.34. The van der Waals surface area contributed by atoms with Crippen molar-refractivity contribution in [3.63, 3.8) is 0 Å². The lowest BCUT2D eigenvalue weighted by molar-refractivity contribution is 0.0681. The van der Waals surface area contributed by atoms with Gasteiger partial charge in [-0.2, -0.15) is 0 Å². The molecule has 0 radical (unpaired) electrons. The fraction of sp³-hybridized carbons (Fsp3) is 0.632. The first-order chi connectivity index (χ1) is 12.9. The monoisotopic (exact) mass is 395 g/mol. The molecule has 27 heavy (non-hydrogen) atoms. The number of likely N-dealkylation sites (tertiary alicyclic amines) is 1. The molecular weight excluding hydrogens is 366 g/mol. The van der Waals surface area contributed by atoms with Gasteiger partial charge in [-0.3, -0.25) is 4.79 Å². The highest BCUT2D eigenvalue weighted by molar-refractivity contribution is 7.89. The number of rotatable bonds is 6. The zero-order chi connectivity index (χ0) is 19.4. The highest BCUT2D eigenvalue weighted by Gasteiger charge is 2.26. The molecule has 1 amide bonds. The zero-order valence-electron chi connectivity index (χ0n) is 15.8. The normalized spacial score (nSPS) is 22.7. The summed E-state index contributed by atoms with van der Waals surface area (Å²) in [6, 6.07) is 6.29. The number of hydrogen-bond donors (Lipinski definition) is 2. The number of nitrogens with two attached hydrogens (primary N) is 1. The number of ether oxygens (including phenoxy) is 1. The van der Waals surface area contributed by atoms with Gasteiger partial charge in [-0.15, -0.1) is 0 Å². The lowest BCUT2D eigenvalue weighted by atomic mass is 9.90. The van der Waals surface area contributed by atoms with Gasteiger partial charge in [0.05, 0.1) is 11.0 Å². The van der Waals surface area contributed by atoms with Crippen LogP contribution in [0.5, 0.6) is 0 Å². The third-order valence-corrected chi connectivity index (χ3v) is 6.95. The Hall–Kier alpha value is -1.48. The number of piperidine rings is 1. The van der Waals surface area contributed by atoms with E-state index >= 15 is 0 Å². The third kappa shape index (κ3) is 5.07. The molecule has 1 aromatic rings. The Morgan fingerprint density at radius 3 is 2.48 bits per heavy atom. The van der Waals surface area contributed by atoms with Crippen LogP contribution in [0.25, 0.3) is 0 Å². The van der Waals surface area contributed by atoms with E-state index in [2.05, 4.69) is 4.72 Å². The van der Waals surface area contributed by atoms with Crippen LogP contribution in [0.15, 0.2) is 29.2 Å². The van der Waals surface area contributed by atoms with Crippen molar-refractivity contribution in [3.05, 3.63) is 29.8 Å². The van der Waals surface area contributed by atoms with Gasteiger partial charge in [0, 0.05) is 37.8 Å². The molecule has 8 heteroatoms. The summed E-state index contributed by atoms with van der Waals surface area (Å²) in [5.74, 6) is 0.394. The zero-order valence-corrected chi connectivity index (χ0v) is 16.6. The van der Waals surface area contributed by atoms with Crippen molar-refractivity contribution in [3.8, 4) is 0 Å². The molecule has 0 aromatic heterocycles. The van der Waals surface area contributed by atoms with E-state index in [1.54, 1.807) is 12.1 Å². The van der Waals surface area contributed by atoms with E-state index in [1.807, 2.05) is 11.8 Å². The van der Waals surface area contributed by atoms with Gasteiger partial charge in [-0.25, -0.2) is 13.1 Å². The van der Waals surface area contributed by atoms with Gasteiger partial charge in [-0.1, -0.05) is 0 Å². The topological polar surface area (TPSA) is 102 Å². The van der Waals surface area contributed by atoms with Gasteiger partial charge < -0.3 is 15.4 Å². The highest BCUT2D eigenvalue weighted by Crippen LogP contribution is 2.21. The summed E-state index contributed by atoms with van der Waals surface area (Å²) in [5.41, 5.74) is 6.45. The number of sulfonamides is 1. The number of carbonyl (C=O) groups is 1. The number of benzene rings is 1. The van der Waals surface area contributed by atoms with Crippen LogP contribution in [-0.4, -0.2) is 57.6 Å². The molecule has 2 aliphatic heterocycles. The molecule has 2 heterocycles. The molecule has 1 aromatic carbocycles. The smallest absolute Gasteiger partial charge is 0.253 e. The maximum absolute atomic E-state index is 12.6. The van der Waals surface area contributed by atoms with Crippen molar-refractivity contribution in [2.45, 2.75) is 49.6 Å². The fourth-order valence-corrected chi connectivity index (χ4v) is 4.75. The van der Waals surface area contributed by atoms with Crippen LogP contribution in [0.1, 0.15) is 43.0 Å². The van der Waals surface area contributed by atoms with Gasteiger partial charge in [0.15, 0.2) is 0 Å². The van der Waals surface area contributed by atoms with Crippen molar-refractivity contribution in [1.29, 1.82) is 0 Å². The van der Waals surface area contributed by atoms with Crippen molar-refractivity contribution in [1.82, 2.24) is 9.62 Å². The lowest BCUT2D eigenvalue weighted by Crippen LogP contribution is -2.42. The second-order valence-electron chi connectivity index (χ2n) is 7.50. The van der Waals surface area contributed by atoms with Crippen molar-refractivity contribution < 1.29 is 17.9 Å². The summed E-state index contributed by atoms with van der Waals surface area (Å²) < 4.78 is 32.8. The van der Waals surface area contributed by atoms with Gasteiger partial charge >= 0.3 is 0 Å². The number of hydrogen-bond acceptors (Lipinski definition) is 5. The second kappa shape index (κ2) is 8.68. The molecule has 0 saturated carbocycles. The minimum Gasteiger partial charge on any atom is -0.377 e. The highest BCUT2D eigenvalue weighted by atomic mass is 32.2. The first-order valence-electron chi connectivity index (χ1n) is 9.63. The van der Waals surface area contributed by atoms with Gasteiger partial charge in [0.1, 0.15) is 0 Å². The molecule has 2 unspecified atom stereocenters. The molecule has 2 atom stereocenters. The molecule has 2 aliphatic rings. The van der Waals surface area contributed by atoms with Crippen LogP contribution in [-0.2, 0) is 14.8 Å². The largest absolute Gasteiger partial charge is 0.377 e. The average molecular weight is 396 g/mol. The van der Waals surface area contributed by atoms with Crippen molar-refractivity contribution in [2.24, 2.45) is 11.7 Å². The SMILES string of the molecule is CC(N)C1CCN(C(=O)c2ccc(S(=O)(=O)NCC3CCCO3)cc2)CC1. The number of nitrogens with one attached hydrogen (secondary N) is 1. The Balaban J connectivity index is 1.58. The Kier molecular flexibility index (Phi) is 6.52.